The highest BCUT2D eigenvalue weighted by Gasteiger charge is 2.22. The van der Waals surface area contributed by atoms with Gasteiger partial charge in [-0.15, -0.1) is 11.3 Å². The van der Waals surface area contributed by atoms with E-state index in [1.165, 1.54) is 23.3 Å². The fraction of sp³-hybridized carbons (Fsp3) is 0.368. The average molecular weight is 355 g/mol. The van der Waals surface area contributed by atoms with E-state index in [0.29, 0.717) is 0 Å². The van der Waals surface area contributed by atoms with Crippen molar-refractivity contribution in [3.63, 3.8) is 0 Å². The van der Waals surface area contributed by atoms with Crippen LogP contribution in [-0.2, 0) is 12.8 Å². The van der Waals surface area contributed by atoms with Gasteiger partial charge in [-0.2, -0.15) is 0 Å². The number of phenols is 1. The van der Waals surface area contributed by atoms with Crippen LogP contribution in [0.5, 0.6) is 5.75 Å². The van der Waals surface area contributed by atoms with Gasteiger partial charge < -0.3 is 15.5 Å². The maximum Gasteiger partial charge on any atom is 0.138 e. The summed E-state index contributed by atoms with van der Waals surface area (Å²) in [7, 11) is 0. The van der Waals surface area contributed by atoms with Gasteiger partial charge in [0.25, 0.3) is 0 Å². The van der Waals surface area contributed by atoms with Gasteiger partial charge in [-0.05, 0) is 55.9 Å². The number of hydrogen-bond donors (Lipinski definition) is 3. The number of phenolic OH excluding ortho intramolecular Hbond substituents is 1. The summed E-state index contributed by atoms with van der Waals surface area (Å²) >= 11 is 1.77. The van der Waals surface area contributed by atoms with Gasteiger partial charge in [0.1, 0.15) is 22.7 Å². The summed E-state index contributed by atoms with van der Waals surface area (Å²) in [6, 6.07) is 6.43. The van der Waals surface area contributed by atoms with Crippen molar-refractivity contribution in [2.45, 2.75) is 44.8 Å². The second kappa shape index (κ2) is 6.61. The van der Waals surface area contributed by atoms with E-state index < -0.39 is 6.10 Å². The highest BCUT2D eigenvalue weighted by molar-refractivity contribution is 7.19. The van der Waals surface area contributed by atoms with Crippen LogP contribution < -0.4 is 5.32 Å². The molecule has 0 saturated carbocycles. The van der Waals surface area contributed by atoms with Gasteiger partial charge in [0.2, 0.25) is 0 Å². The predicted octanol–water partition coefficient (Wildman–Crippen LogP) is 3.81. The van der Waals surface area contributed by atoms with Crippen LogP contribution in [0.4, 0.5) is 5.82 Å². The molecule has 2 aromatic heterocycles. The van der Waals surface area contributed by atoms with E-state index in [2.05, 4.69) is 15.3 Å². The van der Waals surface area contributed by atoms with E-state index in [1.807, 2.05) is 6.92 Å². The molecule has 0 amide bonds. The third kappa shape index (κ3) is 3.07. The highest BCUT2D eigenvalue weighted by atomic mass is 32.1. The van der Waals surface area contributed by atoms with Crippen molar-refractivity contribution in [2.75, 3.05) is 5.32 Å². The molecule has 1 aromatic carbocycles. The van der Waals surface area contributed by atoms with Crippen molar-refractivity contribution >= 4 is 27.4 Å². The topological polar surface area (TPSA) is 78.3 Å². The number of thiophene rings is 1. The van der Waals surface area contributed by atoms with E-state index in [-0.39, 0.29) is 11.8 Å². The largest absolute Gasteiger partial charge is 0.508 e. The smallest absolute Gasteiger partial charge is 0.138 e. The lowest BCUT2D eigenvalue weighted by atomic mass is 9.97. The van der Waals surface area contributed by atoms with Gasteiger partial charge in [0, 0.05) is 4.88 Å². The SMILES string of the molecule is C[C@H](Nc1ncnc2sc3c(c12)CCCC3)[C@@H](O)c1ccc(O)cc1. The molecule has 0 spiro atoms. The minimum Gasteiger partial charge on any atom is -0.508 e. The Balaban J connectivity index is 1.63. The first-order chi connectivity index (χ1) is 12.1. The molecule has 0 fully saturated rings. The Bertz CT molecular complexity index is 892. The molecule has 5 nitrogen and oxygen atoms in total. The van der Waals surface area contributed by atoms with Crippen LogP contribution in [0.2, 0.25) is 0 Å². The second-order valence-corrected chi connectivity index (χ2v) is 7.67. The van der Waals surface area contributed by atoms with E-state index in [4.69, 9.17) is 0 Å². The van der Waals surface area contributed by atoms with E-state index in [9.17, 15) is 10.2 Å². The van der Waals surface area contributed by atoms with Crippen molar-refractivity contribution in [1.29, 1.82) is 0 Å². The number of aryl methyl sites for hydroxylation is 2. The molecule has 2 heterocycles. The van der Waals surface area contributed by atoms with Crippen molar-refractivity contribution in [2.24, 2.45) is 0 Å². The predicted molar refractivity (Wildman–Crippen MR) is 100 cm³/mol. The fourth-order valence-corrected chi connectivity index (χ4v) is 4.68. The third-order valence-electron chi connectivity index (χ3n) is 4.82. The molecule has 0 bridgehead atoms. The molecule has 25 heavy (non-hydrogen) atoms. The first-order valence-corrected chi connectivity index (χ1v) is 9.44. The molecule has 130 valence electrons. The van der Waals surface area contributed by atoms with Gasteiger partial charge in [-0.3, -0.25) is 0 Å². The molecule has 3 N–H and O–H groups in total. The monoisotopic (exact) mass is 355 g/mol. The van der Waals surface area contributed by atoms with Crippen molar-refractivity contribution in [3.8, 4) is 5.75 Å². The lowest BCUT2D eigenvalue weighted by Crippen LogP contribution is -2.24. The van der Waals surface area contributed by atoms with Gasteiger partial charge >= 0.3 is 0 Å². The molecule has 6 heteroatoms. The van der Waals surface area contributed by atoms with Crippen molar-refractivity contribution in [3.05, 3.63) is 46.6 Å². The minimum absolute atomic E-state index is 0.193. The Kier molecular flexibility index (Phi) is 4.31. The maximum absolute atomic E-state index is 10.6. The molecular weight excluding hydrogens is 334 g/mol. The van der Waals surface area contributed by atoms with Gasteiger partial charge in [-0.1, -0.05) is 12.1 Å². The van der Waals surface area contributed by atoms with Crippen LogP contribution in [0.3, 0.4) is 0 Å². The number of nitrogens with zero attached hydrogens (tertiary/aromatic N) is 2. The normalized spacial score (nSPS) is 16.4. The lowest BCUT2D eigenvalue weighted by Gasteiger charge is -2.22. The summed E-state index contributed by atoms with van der Waals surface area (Å²) < 4.78 is 0. The zero-order valence-corrected chi connectivity index (χ0v) is 14.9. The number of anilines is 1. The zero-order valence-electron chi connectivity index (χ0n) is 14.1. The third-order valence-corrected chi connectivity index (χ3v) is 6.02. The standard InChI is InChI=1S/C19H21N3O2S/c1-11(17(24)12-6-8-13(23)9-7-12)22-18-16-14-4-2-3-5-15(14)25-19(16)21-10-20-18/h6-11,17,23-24H,2-5H2,1H3,(H,20,21,22)/t11-,17+/m0/s1. The van der Waals surface area contributed by atoms with Crippen molar-refractivity contribution in [1.82, 2.24) is 9.97 Å². The van der Waals surface area contributed by atoms with E-state index >= 15 is 0 Å². The number of aliphatic hydroxyl groups is 1. The van der Waals surface area contributed by atoms with E-state index in [1.54, 1.807) is 41.9 Å². The fourth-order valence-electron chi connectivity index (χ4n) is 3.45. The highest BCUT2D eigenvalue weighted by Crippen LogP contribution is 2.38. The maximum atomic E-state index is 10.6. The Morgan fingerprint density at radius 1 is 1.12 bits per heavy atom. The van der Waals surface area contributed by atoms with Crippen LogP contribution in [0.15, 0.2) is 30.6 Å². The van der Waals surface area contributed by atoms with Crippen LogP contribution in [-0.4, -0.2) is 26.2 Å². The summed E-state index contributed by atoms with van der Waals surface area (Å²) in [5.41, 5.74) is 2.14. The molecule has 0 radical (unpaired) electrons. The molecule has 2 atom stereocenters. The van der Waals surface area contributed by atoms with E-state index in [0.717, 1.165) is 34.4 Å². The van der Waals surface area contributed by atoms with Gasteiger partial charge in [-0.25, -0.2) is 9.97 Å². The Labute approximate surface area is 150 Å². The average Bonchev–Trinajstić information content (AvgIpc) is 3.01. The Morgan fingerprint density at radius 2 is 1.88 bits per heavy atom. The molecule has 0 saturated heterocycles. The number of hydrogen-bond acceptors (Lipinski definition) is 6. The number of fused-ring (bicyclic) bond motifs is 3. The first kappa shape index (κ1) is 16.3. The quantitative estimate of drug-likeness (QED) is 0.663. The minimum atomic E-state index is -0.694. The van der Waals surface area contributed by atoms with Crippen molar-refractivity contribution < 1.29 is 10.2 Å². The summed E-state index contributed by atoms with van der Waals surface area (Å²) in [6.07, 6.45) is 5.55. The molecule has 1 aliphatic rings. The molecule has 3 aromatic rings. The number of aromatic hydroxyl groups is 1. The van der Waals surface area contributed by atoms with Gasteiger partial charge in [0.05, 0.1) is 17.5 Å². The number of aromatic nitrogens is 2. The van der Waals surface area contributed by atoms with Crippen LogP contribution in [0.1, 0.15) is 41.9 Å². The first-order valence-electron chi connectivity index (χ1n) is 8.62. The molecular formula is C19H21N3O2S. The van der Waals surface area contributed by atoms with Crippen LogP contribution in [0.25, 0.3) is 10.2 Å². The number of nitrogens with one attached hydrogen (secondary N) is 1. The second-order valence-electron chi connectivity index (χ2n) is 6.58. The lowest BCUT2D eigenvalue weighted by molar-refractivity contribution is 0.160. The Hall–Kier alpha value is -2.18. The summed E-state index contributed by atoms with van der Waals surface area (Å²) in [5, 5.41) is 24.5. The summed E-state index contributed by atoms with van der Waals surface area (Å²) in [6.45, 7) is 1.93. The summed E-state index contributed by atoms with van der Waals surface area (Å²) in [5.74, 6) is 0.994. The Morgan fingerprint density at radius 3 is 2.68 bits per heavy atom. The molecule has 0 unspecified atom stereocenters. The van der Waals surface area contributed by atoms with Gasteiger partial charge in [0.15, 0.2) is 0 Å². The van der Waals surface area contributed by atoms with Crippen LogP contribution >= 0.6 is 11.3 Å². The molecule has 4 rings (SSSR count). The zero-order chi connectivity index (χ0) is 17.4. The summed E-state index contributed by atoms with van der Waals surface area (Å²) in [4.78, 5) is 11.3. The molecule has 1 aliphatic carbocycles. The van der Waals surface area contributed by atoms with Crippen LogP contribution in [0, 0.1) is 0 Å². The number of benzene rings is 1. The number of rotatable bonds is 4. The number of aliphatic hydroxyl groups excluding tert-OH is 1. The molecule has 0 aliphatic heterocycles.